The maximum Gasteiger partial charge on any atom is 0.169 e. The fourth-order valence-corrected chi connectivity index (χ4v) is 5.32. The van der Waals surface area contributed by atoms with Crippen LogP contribution in [0.25, 0.3) is 21.9 Å². The van der Waals surface area contributed by atoms with E-state index in [4.69, 9.17) is 15.5 Å². The number of nitrogen functional groups attached to an aromatic ring is 1. The number of benzene rings is 1. The van der Waals surface area contributed by atoms with Crippen molar-refractivity contribution < 1.29 is 14.9 Å². The summed E-state index contributed by atoms with van der Waals surface area (Å²) in [5, 5.41) is 26.8. The summed E-state index contributed by atoms with van der Waals surface area (Å²) >= 11 is 0. The van der Waals surface area contributed by atoms with Gasteiger partial charge in [0.2, 0.25) is 0 Å². The molecule has 1 aromatic carbocycles. The van der Waals surface area contributed by atoms with Crippen LogP contribution in [0.3, 0.4) is 0 Å². The summed E-state index contributed by atoms with van der Waals surface area (Å²) in [5.74, 6) is 1.96. The van der Waals surface area contributed by atoms with Crippen molar-refractivity contribution in [3.63, 3.8) is 0 Å². The van der Waals surface area contributed by atoms with E-state index in [9.17, 15) is 10.2 Å². The lowest BCUT2D eigenvalue weighted by atomic mass is 9.95. The maximum absolute atomic E-state index is 10.8. The lowest BCUT2D eigenvalue weighted by Crippen LogP contribution is -2.29. The molecule has 4 aromatic rings. The fraction of sp³-hybridized carbons (Fsp3) is 0.400. The van der Waals surface area contributed by atoms with E-state index in [0.29, 0.717) is 24.5 Å². The number of anilines is 2. The molecule has 0 bridgehead atoms. The van der Waals surface area contributed by atoms with Gasteiger partial charge in [-0.25, -0.2) is 15.0 Å². The van der Waals surface area contributed by atoms with Crippen LogP contribution in [0.15, 0.2) is 42.9 Å². The molecule has 1 unspecified atom stereocenters. The summed E-state index contributed by atoms with van der Waals surface area (Å²) < 4.78 is 7.71. The lowest BCUT2D eigenvalue weighted by Gasteiger charge is -2.24. The number of aliphatic hydroxyl groups is 2. The topological polar surface area (TPSA) is 131 Å². The number of aryl methyl sites for hydroxylation is 1. The van der Waals surface area contributed by atoms with E-state index < -0.39 is 12.2 Å². The second kappa shape index (κ2) is 8.11. The number of aromatic nitrogens is 4. The third-order valence-electron chi connectivity index (χ3n) is 7.19. The van der Waals surface area contributed by atoms with Crippen LogP contribution in [0.5, 0.6) is 5.75 Å². The number of fused-ring (bicyclic) bond motifs is 3. The van der Waals surface area contributed by atoms with Crippen molar-refractivity contribution in [2.24, 2.45) is 5.92 Å². The molecule has 9 nitrogen and oxygen atoms in total. The molecule has 2 aliphatic rings. The van der Waals surface area contributed by atoms with Gasteiger partial charge in [0.05, 0.1) is 29.1 Å². The van der Waals surface area contributed by atoms with Crippen LogP contribution in [0, 0.1) is 5.92 Å². The number of hydrogen-bond donors (Lipinski definition) is 4. The Balaban J connectivity index is 1.19. The summed E-state index contributed by atoms with van der Waals surface area (Å²) in [7, 11) is 0. The van der Waals surface area contributed by atoms with Crippen molar-refractivity contribution in [2.45, 2.75) is 50.5 Å². The highest BCUT2D eigenvalue weighted by Crippen LogP contribution is 2.40. The quantitative estimate of drug-likeness (QED) is 0.366. The Morgan fingerprint density at radius 3 is 2.94 bits per heavy atom. The van der Waals surface area contributed by atoms with E-state index in [1.54, 1.807) is 0 Å². The van der Waals surface area contributed by atoms with Crippen molar-refractivity contribution in [3.05, 3.63) is 48.4 Å². The van der Waals surface area contributed by atoms with Crippen molar-refractivity contribution in [1.29, 1.82) is 0 Å². The molecule has 6 rings (SSSR count). The molecule has 1 aliphatic carbocycles. The number of nitrogens with two attached hydrogens (primary N) is 1. The molecule has 34 heavy (non-hydrogen) atoms. The molecular formula is C25H28N6O3. The first-order valence-electron chi connectivity index (χ1n) is 11.7. The first-order chi connectivity index (χ1) is 16.5. The van der Waals surface area contributed by atoms with Crippen LogP contribution in [-0.4, -0.2) is 54.6 Å². The molecule has 3 aromatic heterocycles. The minimum absolute atomic E-state index is 0.0280. The summed E-state index contributed by atoms with van der Waals surface area (Å²) in [6, 6.07) is 10.1. The third kappa shape index (κ3) is 3.52. The first kappa shape index (κ1) is 21.1. The average Bonchev–Trinajstić information content (AvgIpc) is 3.38. The Labute approximate surface area is 196 Å². The van der Waals surface area contributed by atoms with Gasteiger partial charge in [-0.05, 0) is 55.9 Å². The number of nitrogens with zero attached hydrogens (tertiary/aromatic N) is 4. The fourth-order valence-electron chi connectivity index (χ4n) is 5.32. The number of hydrogen-bond acceptors (Lipinski definition) is 8. The molecule has 4 heterocycles. The minimum atomic E-state index is -0.866. The largest absolute Gasteiger partial charge is 0.488 e. The zero-order chi connectivity index (χ0) is 23.4. The van der Waals surface area contributed by atoms with Crippen LogP contribution in [0.1, 0.15) is 31.4 Å². The minimum Gasteiger partial charge on any atom is -0.488 e. The monoisotopic (exact) mass is 460 g/mol. The number of ether oxygens (including phenoxy) is 1. The van der Waals surface area contributed by atoms with E-state index in [-0.39, 0.29) is 18.0 Å². The first-order valence-corrected chi connectivity index (χ1v) is 11.7. The molecule has 1 fully saturated rings. The van der Waals surface area contributed by atoms with Crippen molar-refractivity contribution in [3.8, 4) is 5.75 Å². The van der Waals surface area contributed by atoms with E-state index in [1.807, 2.05) is 22.9 Å². The zero-order valence-corrected chi connectivity index (χ0v) is 18.9. The van der Waals surface area contributed by atoms with E-state index in [0.717, 1.165) is 46.3 Å². The maximum atomic E-state index is 10.8. The number of nitrogens with one attached hydrogen (secondary N) is 1. The predicted molar refractivity (Wildman–Crippen MR) is 130 cm³/mol. The van der Waals surface area contributed by atoms with Gasteiger partial charge in [-0.15, -0.1) is 0 Å². The summed E-state index contributed by atoms with van der Waals surface area (Å²) in [6.45, 7) is 2.70. The van der Waals surface area contributed by atoms with Crippen LogP contribution < -0.4 is 15.8 Å². The molecule has 5 atom stereocenters. The molecule has 1 saturated carbocycles. The summed E-state index contributed by atoms with van der Waals surface area (Å²) in [6.07, 6.45) is 3.85. The highest BCUT2D eigenvalue weighted by molar-refractivity contribution is 5.86. The van der Waals surface area contributed by atoms with Crippen molar-refractivity contribution >= 4 is 33.6 Å². The van der Waals surface area contributed by atoms with Gasteiger partial charge in [-0.3, -0.25) is 0 Å². The second-order valence-corrected chi connectivity index (χ2v) is 9.52. The van der Waals surface area contributed by atoms with Gasteiger partial charge >= 0.3 is 0 Å². The Hall–Kier alpha value is -3.43. The average molecular weight is 461 g/mol. The lowest BCUT2D eigenvalue weighted by molar-refractivity contribution is 0.00545. The van der Waals surface area contributed by atoms with Gasteiger partial charge in [0.15, 0.2) is 11.6 Å². The molecule has 5 N–H and O–H groups in total. The standard InChI is InChI=1S/C25H28N6O3/c1-13-11-34-20-10-15-4-2-14(8-18(15)30-24(20)29-13)3-5-16-9-19(22(33)21(16)32)31-7-6-17-23(26)27-12-28-25(17)31/h2,4,6-8,10,12-13,16,19,21-22,32-33H,3,5,9,11H2,1H3,(H,29,30)(H2,26,27,28)/t13?,16-,19+,21+,22-/m0/s1. The van der Waals surface area contributed by atoms with E-state index in [2.05, 4.69) is 40.4 Å². The highest BCUT2D eigenvalue weighted by Gasteiger charge is 2.42. The number of rotatable bonds is 4. The predicted octanol–water partition coefficient (Wildman–Crippen LogP) is 2.67. The Bertz CT molecular complexity index is 1370. The van der Waals surface area contributed by atoms with Crippen LogP contribution in [-0.2, 0) is 6.42 Å². The van der Waals surface area contributed by atoms with Gasteiger partial charge < -0.3 is 30.6 Å². The SMILES string of the molecule is CC1COc2cc3ccc(CC[C@H]4C[C@@H](n5ccc6c(N)ncnc65)[C@H](O)[C@@H]4O)cc3nc2N1. The van der Waals surface area contributed by atoms with Crippen LogP contribution in [0.4, 0.5) is 11.6 Å². The zero-order valence-electron chi connectivity index (χ0n) is 18.9. The van der Waals surface area contributed by atoms with E-state index in [1.165, 1.54) is 6.33 Å². The van der Waals surface area contributed by atoms with Gasteiger partial charge in [-0.1, -0.05) is 12.1 Å². The van der Waals surface area contributed by atoms with Gasteiger partial charge in [0, 0.05) is 11.6 Å². The van der Waals surface area contributed by atoms with Gasteiger partial charge in [0.25, 0.3) is 0 Å². The molecule has 0 amide bonds. The molecule has 176 valence electrons. The number of aliphatic hydroxyl groups excluding tert-OH is 2. The number of pyridine rings is 1. The summed E-state index contributed by atoms with van der Waals surface area (Å²) in [4.78, 5) is 13.1. The summed E-state index contributed by atoms with van der Waals surface area (Å²) in [5.41, 5.74) is 8.72. The molecule has 0 radical (unpaired) electrons. The molecule has 1 aliphatic heterocycles. The smallest absolute Gasteiger partial charge is 0.169 e. The van der Waals surface area contributed by atoms with Gasteiger partial charge in [0.1, 0.15) is 30.5 Å². The second-order valence-electron chi connectivity index (χ2n) is 9.52. The van der Waals surface area contributed by atoms with E-state index >= 15 is 0 Å². The highest BCUT2D eigenvalue weighted by atomic mass is 16.5. The third-order valence-corrected chi connectivity index (χ3v) is 7.19. The molecule has 9 heteroatoms. The van der Waals surface area contributed by atoms with Crippen LogP contribution in [0.2, 0.25) is 0 Å². The molecule has 0 spiro atoms. The van der Waals surface area contributed by atoms with Crippen molar-refractivity contribution in [2.75, 3.05) is 17.7 Å². The Morgan fingerprint density at radius 1 is 1.18 bits per heavy atom. The van der Waals surface area contributed by atoms with Crippen molar-refractivity contribution in [1.82, 2.24) is 19.5 Å². The molecule has 0 saturated heterocycles. The molecular weight excluding hydrogens is 432 g/mol. The Kier molecular flexibility index (Phi) is 5.04. The normalized spacial score (nSPS) is 26.4. The van der Waals surface area contributed by atoms with Crippen LogP contribution >= 0.6 is 0 Å². The Morgan fingerprint density at radius 2 is 2.06 bits per heavy atom. The van der Waals surface area contributed by atoms with Gasteiger partial charge in [-0.2, -0.15) is 0 Å².